The third-order valence-electron chi connectivity index (χ3n) is 4.49. The second-order valence-electron chi connectivity index (χ2n) is 5.97. The average molecular weight is 299 g/mol. The lowest BCUT2D eigenvalue weighted by Gasteiger charge is -2.38. The first-order valence-corrected chi connectivity index (χ1v) is 7.77. The number of rotatable bonds is 5. The summed E-state index contributed by atoms with van der Waals surface area (Å²) >= 11 is 0. The zero-order chi connectivity index (χ0) is 15.4. The molecule has 1 amide bonds. The van der Waals surface area contributed by atoms with Gasteiger partial charge in [-0.2, -0.15) is 0 Å². The Bertz CT molecular complexity index is 380. The lowest BCUT2D eigenvalue weighted by molar-refractivity contribution is -0.155. The Kier molecular flexibility index (Phi) is 5.58. The summed E-state index contributed by atoms with van der Waals surface area (Å²) in [4.78, 5) is 25.3. The van der Waals surface area contributed by atoms with Crippen LogP contribution in [0.2, 0.25) is 0 Å². The molecule has 0 aliphatic carbocycles. The summed E-state index contributed by atoms with van der Waals surface area (Å²) in [7, 11) is 0. The second kappa shape index (κ2) is 7.22. The van der Waals surface area contributed by atoms with Crippen LogP contribution in [0.15, 0.2) is 0 Å². The van der Waals surface area contributed by atoms with Crippen LogP contribution in [0, 0.1) is 5.92 Å². The van der Waals surface area contributed by atoms with Gasteiger partial charge in [0.1, 0.15) is 6.10 Å². The van der Waals surface area contributed by atoms with E-state index in [1.54, 1.807) is 11.8 Å². The van der Waals surface area contributed by atoms with Crippen molar-refractivity contribution in [2.45, 2.75) is 57.8 Å². The highest BCUT2D eigenvalue weighted by atomic mass is 16.5. The first-order valence-electron chi connectivity index (χ1n) is 7.77. The summed E-state index contributed by atoms with van der Waals surface area (Å²) < 4.78 is 11.1. The summed E-state index contributed by atoms with van der Waals surface area (Å²) in [6, 6.07) is -0.280. The maximum Gasteiger partial charge on any atom is 0.308 e. The molecule has 0 spiro atoms. The van der Waals surface area contributed by atoms with Gasteiger partial charge in [-0.1, -0.05) is 0 Å². The number of carbonyl (C=O) groups excluding carboxylic acids is 1. The molecular weight excluding hydrogens is 274 g/mol. The molecule has 6 nitrogen and oxygen atoms in total. The molecule has 2 fully saturated rings. The summed E-state index contributed by atoms with van der Waals surface area (Å²) in [5.74, 6) is -1.42. The van der Waals surface area contributed by atoms with Gasteiger partial charge in [0.05, 0.1) is 18.6 Å². The van der Waals surface area contributed by atoms with Crippen molar-refractivity contribution < 1.29 is 24.2 Å². The van der Waals surface area contributed by atoms with Crippen molar-refractivity contribution >= 4 is 11.9 Å². The smallest absolute Gasteiger partial charge is 0.308 e. The first kappa shape index (κ1) is 16.2. The quantitative estimate of drug-likeness (QED) is 0.827. The largest absolute Gasteiger partial charge is 0.481 e. The molecule has 2 saturated heterocycles. The molecule has 6 heteroatoms. The molecular formula is C15H25NO5. The standard InChI is InChI=1S/C15H25NO5/c1-10-13(15(18)19)6-3-7-16(10)14(17)11(2)21-9-12-5-4-8-20-12/h10-13H,3-9H2,1-2H3,(H,18,19)/t10-,11?,12?,13-/m0/s1. The van der Waals surface area contributed by atoms with Crippen LogP contribution >= 0.6 is 0 Å². The van der Waals surface area contributed by atoms with Gasteiger partial charge in [0.25, 0.3) is 5.91 Å². The topological polar surface area (TPSA) is 76.1 Å². The van der Waals surface area contributed by atoms with E-state index in [2.05, 4.69) is 0 Å². The van der Waals surface area contributed by atoms with Crippen LogP contribution in [0.25, 0.3) is 0 Å². The molecule has 21 heavy (non-hydrogen) atoms. The number of carboxylic acid groups (broad SMARTS) is 1. The Morgan fingerprint density at radius 1 is 1.38 bits per heavy atom. The second-order valence-corrected chi connectivity index (χ2v) is 5.97. The third-order valence-corrected chi connectivity index (χ3v) is 4.49. The average Bonchev–Trinajstić information content (AvgIpc) is 2.97. The molecule has 2 aliphatic heterocycles. The number of amides is 1. The lowest BCUT2D eigenvalue weighted by Crippen LogP contribution is -2.52. The molecule has 120 valence electrons. The number of hydrogen-bond acceptors (Lipinski definition) is 4. The van der Waals surface area contributed by atoms with Gasteiger partial charge in [0.15, 0.2) is 0 Å². The summed E-state index contributed by atoms with van der Waals surface area (Å²) in [5, 5.41) is 9.21. The van der Waals surface area contributed by atoms with Gasteiger partial charge in [-0.25, -0.2) is 0 Å². The third kappa shape index (κ3) is 3.95. The summed E-state index contributed by atoms with van der Waals surface area (Å²) in [6.45, 7) is 5.34. The van der Waals surface area contributed by atoms with Gasteiger partial charge in [-0.3, -0.25) is 9.59 Å². The van der Waals surface area contributed by atoms with E-state index in [0.29, 0.717) is 19.6 Å². The van der Waals surface area contributed by atoms with E-state index in [0.717, 1.165) is 25.9 Å². The van der Waals surface area contributed by atoms with Crippen LogP contribution in [0.1, 0.15) is 39.5 Å². The minimum absolute atomic E-state index is 0.0887. The van der Waals surface area contributed by atoms with E-state index in [1.807, 2.05) is 6.92 Å². The molecule has 2 unspecified atom stereocenters. The van der Waals surface area contributed by atoms with Crippen LogP contribution in [0.4, 0.5) is 0 Å². The van der Waals surface area contributed by atoms with Gasteiger partial charge < -0.3 is 19.5 Å². The predicted octanol–water partition coefficient (Wildman–Crippen LogP) is 1.28. The van der Waals surface area contributed by atoms with Gasteiger partial charge in [0.2, 0.25) is 0 Å². The fourth-order valence-electron chi connectivity index (χ4n) is 3.12. The number of carboxylic acids is 1. The van der Waals surface area contributed by atoms with E-state index >= 15 is 0 Å². The molecule has 1 N–H and O–H groups in total. The van der Waals surface area contributed by atoms with Gasteiger partial charge in [-0.15, -0.1) is 0 Å². The molecule has 0 aromatic carbocycles. The SMILES string of the molecule is CC(OCC1CCCO1)C(=O)N1CCC[C@H](C(=O)O)[C@@H]1C. The number of piperidine rings is 1. The van der Waals surface area contributed by atoms with Crippen molar-refractivity contribution in [1.29, 1.82) is 0 Å². The summed E-state index contributed by atoms with van der Waals surface area (Å²) in [5.41, 5.74) is 0. The Labute approximate surface area is 125 Å². The molecule has 2 aliphatic rings. The maximum absolute atomic E-state index is 12.4. The van der Waals surface area contributed by atoms with Gasteiger partial charge in [0, 0.05) is 19.2 Å². The number of carbonyl (C=O) groups is 2. The highest BCUT2D eigenvalue weighted by Crippen LogP contribution is 2.25. The summed E-state index contributed by atoms with van der Waals surface area (Å²) in [6.07, 6.45) is 2.91. The normalized spacial score (nSPS) is 31.1. The van der Waals surface area contributed by atoms with Crippen molar-refractivity contribution in [2.75, 3.05) is 19.8 Å². The Morgan fingerprint density at radius 2 is 2.14 bits per heavy atom. The number of hydrogen-bond donors (Lipinski definition) is 1. The van der Waals surface area contributed by atoms with E-state index in [-0.39, 0.29) is 18.1 Å². The van der Waals surface area contributed by atoms with Crippen LogP contribution in [0.5, 0.6) is 0 Å². The monoisotopic (exact) mass is 299 g/mol. The fraction of sp³-hybridized carbons (Fsp3) is 0.867. The number of likely N-dealkylation sites (tertiary alicyclic amines) is 1. The zero-order valence-electron chi connectivity index (χ0n) is 12.8. The van der Waals surface area contributed by atoms with Crippen molar-refractivity contribution in [3.63, 3.8) is 0 Å². The minimum atomic E-state index is -0.826. The van der Waals surface area contributed by atoms with E-state index in [1.165, 1.54) is 0 Å². The Balaban J connectivity index is 1.86. The van der Waals surface area contributed by atoms with Crippen molar-refractivity contribution in [1.82, 2.24) is 4.90 Å². The van der Waals surface area contributed by atoms with Gasteiger partial charge >= 0.3 is 5.97 Å². The number of nitrogens with zero attached hydrogens (tertiary/aromatic N) is 1. The van der Waals surface area contributed by atoms with Crippen LogP contribution in [0.3, 0.4) is 0 Å². The molecule has 0 bridgehead atoms. The van der Waals surface area contributed by atoms with Gasteiger partial charge in [-0.05, 0) is 39.5 Å². The minimum Gasteiger partial charge on any atom is -0.481 e. The van der Waals surface area contributed by atoms with E-state index < -0.39 is 18.0 Å². The van der Waals surface area contributed by atoms with E-state index in [9.17, 15) is 14.7 Å². The molecule has 0 aromatic heterocycles. The maximum atomic E-state index is 12.4. The molecule has 0 aromatic rings. The fourth-order valence-corrected chi connectivity index (χ4v) is 3.12. The van der Waals surface area contributed by atoms with Crippen molar-refractivity contribution in [2.24, 2.45) is 5.92 Å². The highest BCUT2D eigenvalue weighted by Gasteiger charge is 2.37. The number of ether oxygens (including phenoxy) is 2. The van der Waals surface area contributed by atoms with Crippen LogP contribution in [-0.2, 0) is 19.1 Å². The zero-order valence-corrected chi connectivity index (χ0v) is 12.8. The molecule has 4 atom stereocenters. The molecule has 0 saturated carbocycles. The highest BCUT2D eigenvalue weighted by molar-refractivity contribution is 5.82. The van der Waals surface area contributed by atoms with E-state index in [4.69, 9.17) is 9.47 Å². The lowest BCUT2D eigenvalue weighted by atomic mass is 9.90. The Hall–Kier alpha value is -1.14. The molecule has 0 radical (unpaired) electrons. The molecule has 2 rings (SSSR count). The predicted molar refractivity (Wildman–Crippen MR) is 75.9 cm³/mol. The van der Waals surface area contributed by atoms with Crippen LogP contribution in [-0.4, -0.2) is 59.9 Å². The van der Waals surface area contributed by atoms with Crippen LogP contribution < -0.4 is 0 Å². The number of aliphatic carboxylic acids is 1. The van der Waals surface area contributed by atoms with Crippen molar-refractivity contribution in [3.8, 4) is 0 Å². The Morgan fingerprint density at radius 3 is 2.76 bits per heavy atom. The van der Waals surface area contributed by atoms with Crippen molar-refractivity contribution in [3.05, 3.63) is 0 Å². The first-order chi connectivity index (χ1) is 10.0. The molecule has 2 heterocycles.